The Kier molecular flexibility index (Phi) is 3.98. The van der Waals surface area contributed by atoms with Crippen LogP contribution in [0.1, 0.15) is 25.1 Å². The first-order valence-electron chi connectivity index (χ1n) is 5.96. The third-order valence-electron chi connectivity index (χ3n) is 3.26. The molecule has 0 saturated heterocycles. The topological polar surface area (TPSA) is 100 Å². The van der Waals surface area contributed by atoms with Crippen molar-refractivity contribution in [1.82, 2.24) is 14.8 Å². The summed E-state index contributed by atoms with van der Waals surface area (Å²) in [6.07, 6.45) is 4.33. The van der Waals surface area contributed by atoms with Gasteiger partial charge in [-0.15, -0.1) is 10.2 Å². The standard InChI is InChI=1S/C10H18N4O3S/c1-17-6-5-14-9(7-8-3-2-4-8)12-13-10(14)18(11,15)16/h8H,2-7H2,1H3,(H2,11,15,16). The summed E-state index contributed by atoms with van der Waals surface area (Å²) in [5.74, 6) is 1.27. The molecule has 1 heterocycles. The van der Waals surface area contributed by atoms with Crippen LogP contribution >= 0.6 is 0 Å². The van der Waals surface area contributed by atoms with Crippen LogP contribution in [0.25, 0.3) is 0 Å². The molecule has 18 heavy (non-hydrogen) atoms. The zero-order chi connectivity index (χ0) is 13.2. The van der Waals surface area contributed by atoms with E-state index < -0.39 is 10.0 Å². The van der Waals surface area contributed by atoms with Crippen LogP contribution in [-0.4, -0.2) is 36.9 Å². The maximum Gasteiger partial charge on any atom is 0.273 e. The molecule has 1 saturated carbocycles. The summed E-state index contributed by atoms with van der Waals surface area (Å²) < 4.78 is 29.4. The first-order chi connectivity index (χ1) is 8.52. The highest BCUT2D eigenvalue weighted by molar-refractivity contribution is 7.89. The molecule has 0 aliphatic heterocycles. The lowest BCUT2D eigenvalue weighted by Gasteiger charge is -2.24. The van der Waals surface area contributed by atoms with E-state index in [1.165, 1.54) is 19.3 Å². The SMILES string of the molecule is COCCn1c(CC2CCC2)nnc1S(N)(=O)=O. The number of rotatable bonds is 6. The number of nitrogens with two attached hydrogens (primary N) is 1. The van der Waals surface area contributed by atoms with E-state index in [1.807, 2.05) is 0 Å². The predicted octanol–water partition coefficient (Wildman–Crippen LogP) is -0.0855. The van der Waals surface area contributed by atoms with Crippen molar-refractivity contribution in [2.24, 2.45) is 11.1 Å². The number of methoxy groups -OCH3 is 1. The minimum atomic E-state index is -3.83. The van der Waals surface area contributed by atoms with Crippen molar-refractivity contribution in [3.63, 3.8) is 0 Å². The van der Waals surface area contributed by atoms with E-state index in [0.717, 1.165) is 6.42 Å². The molecule has 0 radical (unpaired) electrons. The third-order valence-corrected chi connectivity index (χ3v) is 4.07. The maximum atomic E-state index is 11.4. The van der Waals surface area contributed by atoms with Crippen molar-refractivity contribution in [2.45, 2.75) is 37.4 Å². The summed E-state index contributed by atoms with van der Waals surface area (Å²) in [6, 6.07) is 0. The van der Waals surface area contributed by atoms with Crippen molar-refractivity contribution >= 4 is 10.0 Å². The third kappa shape index (κ3) is 2.88. The van der Waals surface area contributed by atoms with Gasteiger partial charge in [-0.25, -0.2) is 13.6 Å². The number of primary sulfonamides is 1. The van der Waals surface area contributed by atoms with Gasteiger partial charge in [-0.1, -0.05) is 19.3 Å². The lowest BCUT2D eigenvalue weighted by molar-refractivity contribution is 0.182. The van der Waals surface area contributed by atoms with Gasteiger partial charge < -0.3 is 4.74 Å². The zero-order valence-corrected chi connectivity index (χ0v) is 11.2. The molecule has 2 rings (SSSR count). The van der Waals surface area contributed by atoms with E-state index in [9.17, 15) is 8.42 Å². The quantitative estimate of drug-likeness (QED) is 0.781. The van der Waals surface area contributed by atoms with Crippen LogP contribution in [0.5, 0.6) is 0 Å². The number of hydrogen-bond donors (Lipinski definition) is 1. The van der Waals surface area contributed by atoms with E-state index >= 15 is 0 Å². The zero-order valence-electron chi connectivity index (χ0n) is 10.4. The van der Waals surface area contributed by atoms with Crippen molar-refractivity contribution in [2.75, 3.05) is 13.7 Å². The van der Waals surface area contributed by atoms with Crippen LogP contribution in [-0.2, 0) is 27.7 Å². The summed E-state index contributed by atoms with van der Waals surface area (Å²) in [7, 11) is -2.27. The molecule has 2 N–H and O–H groups in total. The average Bonchev–Trinajstić information content (AvgIpc) is 2.63. The Bertz CT molecular complexity index is 507. The smallest absolute Gasteiger partial charge is 0.273 e. The number of aromatic nitrogens is 3. The van der Waals surface area contributed by atoms with Gasteiger partial charge in [0, 0.05) is 20.1 Å². The van der Waals surface area contributed by atoms with E-state index in [0.29, 0.717) is 24.9 Å². The molecule has 0 unspecified atom stereocenters. The molecule has 7 nitrogen and oxygen atoms in total. The molecule has 0 amide bonds. The van der Waals surface area contributed by atoms with Gasteiger partial charge in [0.1, 0.15) is 5.82 Å². The van der Waals surface area contributed by atoms with Crippen LogP contribution in [0.2, 0.25) is 0 Å². The highest BCUT2D eigenvalue weighted by Crippen LogP contribution is 2.29. The minimum absolute atomic E-state index is 0.172. The lowest BCUT2D eigenvalue weighted by atomic mass is 9.83. The van der Waals surface area contributed by atoms with Crippen molar-refractivity contribution < 1.29 is 13.2 Å². The molecule has 0 aromatic carbocycles. The van der Waals surface area contributed by atoms with Gasteiger partial charge in [-0.3, -0.25) is 4.57 Å². The fourth-order valence-corrected chi connectivity index (χ4v) is 2.70. The molecular weight excluding hydrogens is 256 g/mol. The first-order valence-corrected chi connectivity index (χ1v) is 7.51. The summed E-state index contributed by atoms with van der Waals surface area (Å²) in [4.78, 5) is 0. The Balaban J connectivity index is 2.24. The normalized spacial score (nSPS) is 16.8. The van der Waals surface area contributed by atoms with Crippen LogP contribution < -0.4 is 5.14 Å². The van der Waals surface area contributed by atoms with E-state index in [4.69, 9.17) is 9.88 Å². The summed E-state index contributed by atoms with van der Waals surface area (Å²) in [5.41, 5.74) is 0. The minimum Gasteiger partial charge on any atom is -0.383 e. The molecule has 1 aliphatic rings. The van der Waals surface area contributed by atoms with Gasteiger partial charge in [-0.2, -0.15) is 0 Å². The molecular formula is C10H18N4O3S. The molecule has 0 bridgehead atoms. The second-order valence-corrected chi connectivity index (χ2v) is 6.04. The van der Waals surface area contributed by atoms with E-state index in [-0.39, 0.29) is 5.16 Å². The summed E-state index contributed by atoms with van der Waals surface area (Å²) >= 11 is 0. The second kappa shape index (κ2) is 5.33. The van der Waals surface area contributed by atoms with Crippen molar-refractivity contribution in [3.05, 3.63) is 5.82 Å². The Labute approximate surface area is 106 Å². The fourth-order valence-electron chi connectivity index (χ4n) is 2.04. The molecule has 8 heteroatoms. The number of ether oxygens (including phenoxy) is 1. The van der Waals surface area contributed by atoms with Crippen LogP contribution in [0.4, 0.5) is 0 Å². The van der Waals surface area contributed by atoms with Gasteiger partial charge in [0.15, 0.2) is 0 Å². The predicted molar refractivity (Wildman–Crippen MR) is 64.3 cm³/mol. The highest BCUT2D eigenvalue weighted by atomic mass is 32.2. The summed E-state index contributed by atoms with van der Waals surface area (Å²) in [6.45, 7) is 0.801. The van der Waals surface area contributed by atoms with Crippen LogP contribution in [0, 0.1) is 5.92 Å². The first kappa shape index (κ1) is 13.4. The molecule has 1 aromatic rings. The monoisotopic (exact) mass is 274 g/mol. The second-order valence-electron chi connectivity index (χ2n) is 4.59. The van der Waals surface area contributed by atoms with Crippen LogP contribution in [0.15, 0.2) is 5.16 Å². The number of hydrogen-bond acceptors (Lipinski definition) is 5. The van der Waals surface area contributed by atoms with E-state index in [2.05, 4.69) is 10.2 Å². The number of sulfonamides is 1. The van der Waals surface area contributed by atoms with Crippen molar-refractivity contribution in [3.8, 4) is 0 Å². The van der Waals surface area contributed by atoms with Crippen molar-refractivity contribution in [1.29, 1.82) is 0 Å². The molecule has 1 aliphatic carbocycles. The molecule has 0 spiro atoms. The largest absolute Gasteiger partial charge is 0.383 e. The summed E-state index contributed by atoms with van der Waals surface area (Å²) in [5, 5.41) is 12.6. The highest BCUT2D eigenvalue weighted by Gasteiger charge is 2.25. The molecule has 1 aromatic heterocycles. The Hall–Kier alpha value is -0.990. The maximum absolute atomic E-state index is 11.4. The Morgan fingerprint density at radius 3 is 2.67 bits per heavy atom. The molecule has 0 atom stereocenters. The lowest BCUT2D eigenvalue weighted by Crippen LogP contribution is -2.22. The van der Waals surface area contributed by atoms with Gasteiger partial charge in [-0.05, 0) is 5.92 Å². The van der Waals surface area contributed by atoms with Gasteiger partial charge in [0.05, 0.1) is 6.61 Å². The Morgan fingerprint density at radius 2 is 2.17 bits per heavy atom. The van der Waals surface area contributed by atoms with Gasteiger partial charge >= 0.3 is 0 Å². The fraction of sp³-hybridized carbons (Fsp3) is 0.800. The van der Waals surface area contributed by atoms with E-state index in [1.54, 1.807) is 11.7 Å². The van der Waals surface area contributed by atoms with Gasteiger partial charge in [0.2, 0.25) is 0 Å². The van der Waals surface area contributed by atoms with Gasteiger partial charge in [0.25, 0.3) is 15.2 Å². The average molecular weight is 274 g/mol. The molecule has 1 fully saturated rings. The molecule has 102 valence electrons. The number of nitrogens with zero attached hydrogens (tertiary/aromatic N) is 3. The van der Waals surface area contributed by atoms with Crippen LogP contribution in [0.3, 0.4) is 0 Å². The Morgan fingerprint density at radius 1 is 1.44 bits per heavy atom.